The number of rotatable bonds is 6. The molecule has 1 aromatic carbocycles. The van der Waals surface area contributed by atoms with E-state index < -0.39 is 5.97 Å². The van der Waals surface area contributed by atoms with E-state index in [0.717, 1.165) is 23.6 Å². The first-order valence-electron chi connectivity index (χ1n) is 7.10. The number of aromatic carboxylic acids is 1. The molecule has 0 radical (unpaired) electrons. The Hall–Kier alpha value is -2.30. The highest BCUT2D eigenvalue weighted by molar-refractivity contribution is 5.90. The molecule has 5 nitrogen and oxygen atoms in total. The molecule has 0 aliphatic heterocycles. The van der Waals surface area contributed by atoms with Crippen molar-refractivity contribution in [2.45, 2.75) is 33.1 Å². The Labute approximate surface area is 124 Å². The van der Waals surface area contributed by atoms with Crippen molar-refractivity contribution >= 4 is 5.97 Å². The van der Waals surface area contributed by atoms with Crippen molar-refractivity contribution < 1.29 is 14.6 Å². The van der Waals surface area contributed by atoms with E-state index in [9.17, 15) is 9.90 Å². The molecule has 1 N–H and O–H groups in total. The van der Waals surface area contributed by atoms with E-state index in [1.165, 1.54) is 0 Å². The molecule has 0 saturated heterocycles. The summed E-state index contributed by atoms with van der Waals surface area (Å²) < 4.78 is 6.87. The highest BCUT2D eigenvalue weighted by Gasteiger charge is 2.22. The molecule has 0 bridgehead atoms. The Morgan fingerprint density at radius 3 is 2.43 bits per heavy atom. The van der Waals surface area contributed by atoms with Gasteiger partial charge in [0.05, 0.1) is 24.2 Å². The number of carbonyl (C=O) groups is 1. The molecule has 1 heterocycles. The predicted molar refractivity (Wildman–Crippen MR) is 80.4 cm³/mol. The van der Waals surface area contributed by atoms with Crippen LogP contribution in [0.15, 0.2) is 24.3 Å². The largest absolute Gasteiger partial charge is 0.497 e. The first-order valence-corrected chi connectivity index (χ1v) is 7.10. The minimum Gasteiger partial charge on any atom is -0.497 e. The van der Waals surface area contributed by atoms with Crippen LogP contribution in [0.4, 0.5) is 0 Å². The summed E-state index contributed by atoms with van der Waals surface area (Å²) in [7, 11) is 1.61. The number of nitrogens with zero attached hydrogens (tertiary/aromatic N) is 2. The zero-order chi connectivity index (χ0) is 15.4. The SMILES string of the molecule is CCCc1nn(-c2ccc(OC)cc2)c(CC)c1C(=O)O. The molecule has 0 aliphatic rings. The maximum atomic E-state index is 11.5. The summed E-state index contributed by atoms with van der Waals surface area (Å²) in [4.78, 5) is 11.5. The van der Waals surface area contributed by atoms with Crippen molar-refractivity contribution in [2.75, 3.05) is 7.11 Å². The lowest BCUT2D eigenvalue weighted by Crippen LogP contribution is -2.06. The van der Waals surface area contributed by atoms with Gasteiger partial charge in [0, 0.05) is 0 Å². The predicted octanol–water partition coefficient (Wildman–Crippen LogP) is 3.09. The summed E-state index contributed by atoms with van der Waals surface area (Å²) in [5.41, 5.74) is 2.57. The molecule has 21 heavy (non-hydrogen) atoms. The summed E-state index contributed by atoms with van der Waals surface area (Å²) >= 11 is 0. The second kappa shape index (κ2) is 6.43. The molecule has 0 amide bonds. The standard InChI is InChI=1S/C16H20N2O3/c1-4-6-13-15(16(19)20)14(5-2)18(17-13)11-7-9-12(21-3)10-8-11/h7-10H,4-6H2,1-3H3,(H,19,20). The van der Waals surface area contributed by atoms with Crippen LogP contribution in [-0.2, 0) is 12.8 Å². The summed E-state index contributed by atoms with van der Waals surface area (Å²) in [5.74, 6) is -0.147. The van der Waals surface area contributed by atoms with Crippen LogP contribution >= 0.6 is 0 Å². The van der Waals surface area contributed by atoms with Crippen LogP contribution in [-0.4, -0.2) is 28.0 Å². The van der Waals surface area contributed by atoms with Crippen molar-refractivity contribution in [1.29, 1.82) is 0 Å². The number of benzene rings is 1. The van der Waals surface area contributed by atoms with Crippen molar-refractivity contribution in [1.82, 2.24) is 9.78 Å². The van der Waals surface area contributed by atoms with E-state index in [1.807, 2.05) is 38.1 Å². The summed E-state index contributed by atoms with van der Waals surface area (Å²) in [6.07, 6.45) is 2.14. The topological polar surface area (TPSA) is 64.4 Å². The van der Waals surface area contributed by atoms with E-state index >= 15 is 0 Å². The molecule has 0 saturated carbocycles. The highest BCUT2D eigenvalue weighted by atomic mass is 16.5. The molecular weight excluding hydrogens is 268 g/mol. The van der Waals surface area contributed by atoms with Gasteiger partial charge in [0.15, 0.2) is 0 Å². The number of hydrogen-bond donors (Lipinski definition) is 1. The van der Waals surface area contributed by atoms with Gasteiger partial charge in [-0.3, -0.25) is 0 Å². The molecule has 2 rings (SSSR count). The number of ether oxygens (including phenoxy) is 1. The third kappa shape index (κ3) is 2.91. The van der Waals surface area contributed by atoms with Gasteiger partial charge in [0.1, 0.15) is 11.3 Å². The maximum absolute atomic E-state index is 11.5. The van der Waals surface area contributed by atoms with Gasteiger partial charge < -0.3 is 9.84 Å². The Kier molecular flexibility index (Phi) is 4.62. The summed E-state index contributed by atoms with van der Waals surface area (Å²) in [6, 6.07) is 7.45. The van der Waals surface area contributed by atoms with E-state index in [1.54, 1.807) is 11.8 Å². The van der Waals surface area contributed by atoms with Crippen LogP contribution in [0.3, 0.4) is 0 Å². The minimum absolute atomic E-state index is 0.343. The van der Waals surface area contributed by atoms with Gasteiger partial charge >= 0.3 is 5.97 Å². The molecule has 0 atom stereocenters. The fourth-order valence-electron chi connectivity index (χ4n) is 2.43. The van der Waals surface area contributed by atoms with Crippen molar-refractivity contribution in [3.63, 3.8) is 0 Å². The quantitative estimate of drug-likeness (QED) is 0.887. The van der Waals surface area contributed by atoms with Gasteiger partial charge in [-0.05, 0) is 37.1 Å². The molecule has 0 unspecified atom stereocenters. The number of carboxylic acids is 1. The third-order valence-corrected chi connectivity index (χ3v) is 3.41. The van der Waals surface area contributed by atoms with E-state index in [4.69, 9.17) is 4.74 Å². The Bertz CT molecular complexity index is 630. The van der Waals surface area contributed by atoms with Crippen LogP contribution < -0.4 is 4.74 Å². The van der Waals surface area contributed by atoms with Crippen LogP contribution in [0.1, 0.15) is 42.0 Å². The Morgan fingerprint density at radius 1 is 1.29 bits per heavy atom. The van der Waals surface area contributed by atoms with Crippen molar-refractivity contribution in [3.8, 4) is 11.4 Å². The summed E-state index contributed by atoms with van der Waals surface area (Å²) in [6.45, 7) is 3.96. The third-order valence-electron chi connectivity index (χ3n) is 3.41. The van der Waals surface area contributed by atoms with Gasteiger partial charge in [-0.1, -0.05) is 20.3 Å². The van der Waals surface area contributed by atoms with Gasteiger partial charge in [0.2, 0.25) is 0 Å². The van der Waals surface area contributed by atoms with Gasteiger partial charge in [0.25, 0.3) is 0 Å². The van der Waals surface area contributed by atoms with Crippen molar-refractivity contribution in [2.24, 2.45) is 0 Å². The van der Waals surface area contributed by atoms with E-state index in [0.29, 0.717) is 24.1 Å². The lowest BCUT2D eigenvalue weighted by Gasteiger charge is -2.07. The lowest BCUT2D eigenvalue weighted by molar-refractivity contribution is 0.0694. The fraction of sp³-hybridized carbons (Fsp3) is 0.375. The zero-order valence-electron chi connectivity index (χ0n) is 12.6. The van der Waals surface area contributed by atoms with E-state index in [-0.39, 0.29) is 0 Å². The van der Waals surface area contributed by atoms with Crippen molar-refractivity contribution in [3.05, 3.63) is 41.2 Å². The Balaban J connectivity index is 2.56. The minimum atomic E-state index is -0.907. The molecule has 1 aromatic heterocycles. The Morgan fingerprint density at radius 2 is 1.95 bits per heavy atom. The molecule has 0 aliphatic carbocycles. The number of methoxy groups -OCH3 is 1. The number of aryl methyl sites for hydroxylation is 1. The number of hydrogen-bond acceptors (Lipinski definition) is 3. The summed E-state index contributed by atoms with van der Waals surface area (Å²) in [5, 5.41) is 14.0. The fourth-order valence-corrected chi connectivity index (χ4v) is 2.43. The van der Waals surface area contributed by atoms with Gasteiger partial charge in [-0.2, -0.15) is 5.10 Å². The van der Waals surface area contributed by atoms with Gasteiger partial charge in [-0.15, -0.1) is 0 Å². The second-order valence-electron chi connectivity index (χ2n) is 4.79. The maximum Gasteiger partial charge on any atom is 0.339 e. The highest BCUT2D eigenvalue weighted by Crippen LogP contribution is 2.22. The van der Waals surface area contributed by atoms with Crippen LogP contribution in [0.5, 0.6) is 5.75 Å². The normalized spacial score (nSPS) is 10.6. The lowest BCUT2D eigenvalue weighted by atomic mass is 10.1. The first-order chi connectivity index (χ1) is 10.1. The molecule has 112 valence electrons. The monoisotopic (exact) mass is 288 g/mol. The smallest absolute Gasteiger partial charge is 0.339 e. The molecular formula is C16H20N2O3. The van der Waals surface area contributed by atoms with E-state index in [2.05, 4.69) is 5.10 Å². The number of carboxylic acid groups (broad SMARTS) is 1. The van der Waals surface area contributed by atoms with Crippen LogP contribution in [0.2, 0.25) is 0 Å². The first kappa shape index (κ1) is 15.1. The second-order valence-corrected chi connectivity index (χ2v) is 4.79. The van der Waals surface area contributed by atoms with Crippen LogP contribution in [0, 0.1) is 0 Å². The molecule has 0 spiro atoms. The molecule has 5 heteroatoms. The zero-order valence-corrected chi connectivity index (χ0v) is 12.6. The van der Waals surface area contributed by atoms with Gasteiger partial charge in [-0.25, -0.2) is 9.48 Å². The number of aromatic nitrogens is 2. The molecule has 0 fully saturated rings. The average molecular weight is 288 g/mol. The van der Waals surface area contributed by atoms with Crippen LogP contribution in [0.25, 0.3) is 5.69 Å². The molecule has 2 aromatic rings. The average Bonchev–Trinajstić information content (AvgIpc) is 2.86.